The van der Waals surface area contributed by atoms with Crippen molar-refractivity contribution in [1.29, 1.82) is 0 Å². The van der Waals surface area contributed by atoms with Gasteiger partial charge in [-0.05, 0) is 60.9 Å². The van der Waals surface area contributed by atoms with Crippen LogP contribution in [0.1, 0.15) is 28.4 Å². The van der Waals surface area contributed by atoms with Crippen molar-refractivity contribution in [3.05, 3.63) is 88.4 Å². The van der Waals surface area contributed by atoms with E-state index in [0.717, 1.165) is 23.2 Å². The zero-order valence-electron chi connectivity index (χ0n) is 17.7. The summed E-state index contributed by atoms with van der Waals surface area (Å²) in [5, 5.41) is 0.219. The number of carbonyl (C=O) groups is 1. The Morgan fingerprint density at radius 3 is 2.56 bits per heavy atom. The summed E-state index contributed by atoms with van der Waals surface area (Å²) in [6.07, 6.45) is 0.754. The van der Waals surface area contributed by atoms with Crippen LogP contribution in [0.3, 0.4) is 0 Å². The normalized spacial score (nSPS) is 15.5. The van der Waals surface area contributed by atoms with Crippen LogP contribution in [-0.4, -0.2) is 27.5 Å². The van der Waals surface area contributed by atoms with Crippen molar-refractivity contribution in [1.82, 2.24) is 4.72 Å². The smallest absolute Gasteiger partial charge is 0.258 e. The molecule has 0 spiro atoms. The lowest BCUT2D eigenvalue weighted by Gasteiger charge is -2.23. The Bertz CT molecular complexity index is 1260. The van der Waals surface area contributed by atoms with Crippen LogP contribution in [0.5, 0.6) is 5.75 Å². The number of nitrogens with zero attached hydrogens (tertiary/aromatic N) is 1. The Kier molecular flexibility index (Phi) is 6.24. The van der Waals surface area contributed by atoms with E-state index in [1.54, 1.807) is 17.0 Å². The number of sulfonamides is 1. The largest absolute Gasteiger partial charge is 0.495 e. The molecule has 1 aliphatic rings. The number of ether oxygens (including phenoxy) is 1. The lowest BCUT2D eigenvalue weighted by Crippen LogP contribution is -2.35. The topological polar surface area (TPSA) is 75.7 Å². The van der Waals surface area contributed by atoms with Gasteiger partial charge in [0, 0.05) is 23.8 Å². The molecule has 0 saturated heterocycles. The quantitative estimate of drug-likeness (QED) is 0.578. The van der Waals surface area contributed by atoms with Crippen LogP contribution in [0.15, 0.2) is 71.6 Å². The fourth-order valence-electron chi connectivity index (χ4n) is 3.87. The van der Waals surface area contributed by atoms with Gasteiger partial charge in [-0.3, -0.25) is 4.79 Å². The van der Waals surface area contributed by atoms with Gasteiger partial charge >= 0.3 is 0 Å². The molecule has 6 nitrogen and oxygen atoms in total. The number of nitrogens with one attached hydrogen (secondary N) is 1. The lowest BCUT2D eigenvalue weighted by atomic mass is 10.1. The first kappa shape index (κ1) is 22.3. The van der Waals surface area contributed by atoms with Crippen LogP contribution in [-0.2, 0) is 23.0 Å². The van der Waals surface area contributed by atoms with Gasteiger partial charge in [-0.25, -0.2) is 13.1 Å². The van der Waals surface area contributed by atoms with E-state index in [0.29, 0.717) is 11.3 Å². The number of methoxy groups -OCH3 is 1. The molecule has 8 heteroatoms. The maximum Gasteiger partial charge on any atom is 0.258 e. The van der Waals surface area contributed by atoms with Gasteiger partial charge in [0.1, 0.15) is 5.75 Å². The summed E-state index contributed by atoms with van der Waals surface area (Å²) >= 11 is 6.07. The number of carbonyl (C=O) groups excluding carboxylic acids is 1. The molecule has 0 bridgehead atoms. The Morgan fingerprint density at radius 1 is 1.12 bits per heavy atom. The first-order chi connectivity index (χ1) is 15.3. The highest BCUT2D eigenvalue weighted by atomic mass is 35.5. The van der Waals surface area contributed by atoms with Crippen LogP contribution >= 0.6 is 11.6 Å². The van der Waals surface area contributed by atoms with Crippen LogP contribution in [0.25, 0.3) is 0 Å². The first-order valence-corrected chi connectivity index (χ1v) is 12.0. The molecule has 0 saturated carbocycles. The number of rotatable bonds is 6. The van der Waals surface area contributed by atoms with E-state index >= 15 is 0 Å². The summed E-state index contributed by atoms with van der Waals surface area (Å²) in [5.74, 6) is 0.337. The summed E-state index contributed by atoms with van der Waals surface area (Å²) in [6, 6.07) is 19.2. The van der Waals surface area contributed by atoms with Gasteiger partial charge in [-0.15, -0.1) is 0 Å². The minimum atomic E-state index is -3.77. The van der Waals surface area contributed by atoms with Crippen molar-refractivity contribution in [2.24, 2.45) is 0 Å². The van der Waals surface area contributed by atoms with Crippen molar-refractivity contribution < 1.29 is 17.9 Å². The van der Waals surface area contributed by atoms with E-state index in [2.05, 4.69) is 4.72 Å². The Morgan fingerprint density at radius 2 is 1.88 bits per heavy atom. The third-order valence-corrected chi connectivity index (χ3v) is 7.20. The highest BCUT2D eigenvalue weighted by Crippen LogP contribution is 2.34. The molecule has 0 unspecified atom stereocenters. The van der Waals surface area contributed by atoms with E-state index in [4.69, 9.17) is 16.3 Å². The highest BCUT2D eigenvalue weighted by Gasteiger charge is 2.31. The minimum Gasteiger partial charge on any atom is -0.495 e. The molecule has 4 rings (SSSR count). The predicted molar refractivity (Wildman–Crippen MR) is 125 cm³/mol. The Balaban J connectivity index is 1.55. The molecule has 1 N–H and O–H groups in total. The molecule has 1 heterocycles. The average Bonchev–Trinajstić information content (AvgIpc) is 3.12. The molecule has 0 fully saturated rings. The lowest BCUT2D eigenvalue weighted by molar-refractivity contribution is 0.0981. The van der Waals surface area contributed by atoms with Crippen molar-refractivity contribution >= 4 is 33.2 Å². The first-order valence-electron chi connectivity index (χ1n) is 10.1. The van der Waals surface area contributed by atoms with Gasteiger partial charge in [0.05, 0.1) is 17.0 Å². The zero-order chi connectivity index (χ0) is 22.9. The molecule has 0 radical (unpaired) electrons. The molecule has 0 aliphatic carbocycles. The van der Waals surface area contributed by atoms with Gasteiger partial charge in [-0.2, -0.15) is 0 Å². The molecule has 3 aromatic carbocycles. The van der Waals surface area contributed by atoms with E-state index in [1.165, 1.54) is 25.3 Å². The number of fused-ring (bicyclic) bond motifs is 1. The fraction of sp³-hybridized carbons (Fsp3) is 0.208. The molecule has 3 aromatic rings. The van der Waals surface area contributed by atoms with Gasteiger partial charge in [0.15, 0.2) is 0 Å². The van der Waals surface area contributed by atoms with E-state index in [9.17, 15) is 13.2 Å². The summed E-state index contributed by atoms with van der Waals surface area (Å²) < 4.78 is 33.1. The summed E-state index contributed by atoms with van der Waals surface area (Å²) in [7, 11) is -2.31. The second kappa shape index (κ2) is 8.94. The zero-order valence-corrected chi connectivity index (χ0v) is 19.3. The third kappa shape index (κ3) is 4.37. The van der Waals surface area contributed by atoms with Gasteiger partial charge in [0.2, 0.25) is 10.0 Å². The molecule has 1 amide bonds. The summed E-state index contributed by atoms with van der Waals surface area (Å²) in [6.45, 7) is 2.09. The standard InChI is InChI=1S/C24H23ClN2O4S/c1-16-12-19-9-8-17(13-22(19)27(16)24(28)18-6-4-3-5-7-18)15-26-32(29,30)20-10-11-23(31-2)21(25)14-20/h3-11,13-14,16,26H,12,15H2,1-2H3/t16-/m0/s1. The van der Waals surface area contributed by atoms with Crippen molar-refractivity contribution in [3.8, 4) is 5.75 Å². The number of benzene rings is 3. The van der Waals surface area contributed by atoms with Crippen molar-refractivity contribution in [2.45, 2.75) is 30.8 Å². The van der Waals surface area contributed by atoms with E-state index in [1.807, 2.05) is 43.3 Å². The average molecular weight is 471 g/mol. The molecule has 1 aliphatic heterocycles. The molecule has 32 heavy (non-hydrogen) atoms. The molecular formula is C24H23ClN2O4S. The third-order valence-electron chi connectivity index (χ3n) is 5.50. The Hall–Kier alpha value is -2.87. The number of amides is 1. The summed E-state index contributed by atoms with van der Waals surface area (Å²) in [5.41, 5.74) is 3.26. The van der Waals surface area contributed by atoms with Gasteiger partial charge < -0.3 is 9.64 Å². The maximum absolute atomic E-state index is 13.1. The summed E-state index contributed by atoms with van der Waals surface area (Å²) in [4.78, 5) is 14.9. The fourth-order valence-corrected chi connectivity index (χ4v) is 5.23. The predicted octanol–water partition coefficient (Wildman–Crippen LogP) is 4.42. The number of anilines is 1. The monoisotopic (exact) mass is 470 g/mol. The maximum atomic E-state index is 13.1. The molecule has 166 valence electrons. The van der Waals surface area contributed by atoms with Crippen molar-refractivity contribution in [2.75, 3.05) is 12.0 Å². The number of halogens is 1. The molecule has 0 aromatic heterocycles. The van der Waals surface area contributed by atoms with E-state index < -0.39 is 10.0 Å². The molecular weight excluding hydrogens is 448 g/mol. The van der Waals surface area contributed by atoms with Crippen LogP contribution in [0.4, 0.5) is 5.69 Å². The Labute approximate surface area is 192 Å². The SMILES string of the molecule is COc1ccc(S(=O)(=O)NCc2ccc3c(c2)N(C(=O)c2ccccc2)[C@@H](C)C3)cc1Cl. The van der Waals surface area contributed by atoms with Crippen LogP contribution in [0, 0.1) is 0 Å². The van der Waals surface area contributed by atoms with Gasteiger partial charge in [0.25, 0.3) is 5.91 Å². The number of hydrogen-bond acceptors (Lipinski definition) is 4. The van der Waals surface area contributed by atoms with E-state index in [-0.39, 0.29) is 28.4 Å². The van der Waals surface area contributed by atoms with Crippen molar-refractivity contribution in [3.63, 3.8) is 0 Å². The number of hydrogen-bond donors (Lipinski definition) is 1. The van der Waals surface area contributed by atoms with Crippen LogP contribution < -0.4 is 14.4 Å². The second-order valence-corrected chi connectivity index (χ2v) is 9.85. The second-order valence-electron chi connectivity index (χ2n) is 7.68. The van der Waals surface area contributed by atoms with Gasteiger partial charge in [-0.1, -0.05) is 41.9 Å². The molecule has 1 atom stereocenters. The van der Waals surface area contributed by atoms with Crippen LogP contribution in [0.2, 0.25) is 5.02 Å². The highest BCUT2D eigenvalue weighted by molar-refractivity contribution is 7.89. The minimum absolute atomic E-state index is 0.0195.